The van der Waals surface area contributed by atoms with Gasteiger partial charge in [0.05, 0.1) is 10.4 Å². The number of piperidine rings is 1. The molecule has 2 fully saturated rings. The molecule has 108 valence electrons. The van der Waals surface area contributed by atoms with Crippen LogP contribution in [0.5, 0.6) is 0 Å². The lowest BCUT2D eigenvalue weighted by atomic mass is 10.1. The molecule has 4 rings (SSSR count). The van der Waals surface area contributed by atoms with Gasteiger partial charge in [-0.1, -0.05) is 30.3 Å². The number of hydrogen-bond donors (Lipinski definition) is 1. The number of thiazole rings is 1. The Morgan fingerprint density at radius 1 is 1.33 bits per heavy atom. The number of hydrogen-bond acceptors (Lipinski definition) is 4. The molecule has 0 spiro atoms. The molecule has 21 heavy (non-hydrogen) atoms. The van der Waals surface area contributed by atoms with Gasteiger partial charge in [0.2, 0.25) is 0 Å². The zero-order valence-corrected chi connectivity index (χ0v) is 12.4. The molecule has 1 aromatic heterocycles. The highest BCUT2D eigenvalue weighted by Crippen LogP contribution is 2.48. The Hall–Kier alpha value is -1.72. The Labute approximate surface area is 127 Å². The van der Waals surface area contributed by atoms with Gasteiger partial charge in [-0.3, -0.25) is 4.79 Å². The molecule has 3 atom stereocenters. The average Bonchev–Trinajstić information content (AvgIpc) is 2.99. The molecule has 0 unspecified atom stereocenters. The van der Waals surface area contributed by atoms with Gasteiger partial charge >= 0.3 is 0 Å². The maximum atomic E-state index is 12.9. The normalized spacial score (nSPS) is 26.7. The first kappa shape index (κ1) is 13.0. The largest absolute Gasteiger partial charge is 0.330 e. The molecule has 1 aromatic carbocycles. The predicted octanol–water partition coefficient (Wildman–Crippen LogP) is 2.37. The number of nitrogens with zero attached hydrogens (tertiary/aromatic N) is 2. The molecule has 1 aliphatic heterocycles. The molecule has 1 saturated carbocycles. The van der Waals surface area contributed by atoms with E-state index in [1.807, 2.05) is 35.2 Å². The van der Waals surface area contributed by atoms with Crippen molar-refractivity contribution in [2.24, 2.45) is 11.7 Å². The van der Waals surface area contributed by atoms with Gasteiger partial charge in [-0.15, -0.1) is 11.3 Å². The van der Waals surface area contributed by atoms with Crippen molar-refractivity contribution >= 4 is 17.2 Å². The lowest BCUT2D eigenvalue weighted by molar-refractivity contribution is 0.0701. The zero-order chi connectivity index (χ0) is 14.4. The SMILES string of the molecule is NC[C@@H]1C[C@@H]2C[C@@H]2N1C(=O)c1ncsc1-c1ccccc1. The summed E-state index contributed by atoms with van der Waals surface area (Å²) in [7, 11) is 0. The lowest BCUT2D eigenvalue weighted by Gasteiger charge is -2.26. The van der Waals surface area contributed by atoms with Crippen LogP contribution in [0.15, 0.2) is 35.8 Å². The van der Waals surface area contributed by atoms with E-state index in [0.29, 0.717) is 24.2 Å². The van der Waals surface area contributed by atoms with Crippen LogP contribution in [0.2, 0.25) is 0 Å². The van der Waals surface area contributed by atoms with Gasteiger partial charge in [0.25, 0.3) is 5.91 Å². The summed E-state index contributed by atoms with van der Waals surface area (Å²) in [5, 5.41) is 0. The minimum atomic E-state index is 0.0514. The highest BCUT2D eigenvalue weighted by molar-refractivity contribution is 7.13. The van der Waals surface area contributed by atoms with Gasteiger partial charge < -0.3 is 10.6 Å². The van der Waals surface area contributed by atoms with Gasteiger partial charge in [-0.25, -0.2) is 4.98 Å². The minimum Gasteiger partial charge on any atom is -0.330 e. The molecule has 0 bridgehead atoms. The summed E-state index contributed by atoms with van der Waals surface area (Å²) in [4.78, 5) is 20.2. The van der Waals surface area contributed by atoms with Crippen LogP contribution in [-0.2, 0) is 0 Å². The van der Waals surface area contributed by atoms with Crippen LogP contribution in [0, 0.1) is 5.92 Å². The number of carbonyl (C=O) groups excluding carboxylic acids is 1. The van der Waals surface area contributed by atoms with Crippen molar-refractivity contribution in [2.45, 2.75) is 24.9 Å². The molecule has 2 N–H and O–H groups in total. The van der Waals surface area contributed by atoms with Gasteiger partial charge in [0.15, 0.2) is 0 Å². The smallest absolute Gasteiger partial charge is 0.274 e. The number of aromatic nitrogens is 1. The Morgan fingerprint density at radius 3 is 2.90 bits per heavy atom. The summed E-state index contributed by atoms with van der Waals surface area (Å²) in [5.41, 5.74) is 9.23. The van der Waals surface area contributed by atoms with Crippen LogP contribution in [-0.4, -0.2) is 34.4 Å². The Kier molecular flexibility index (Phi) is 3.05. The van der Waals surface area contributed by atoms with Crippen LogP contribution in [0.3, 0.4) is 0 Å². The predicted molar refractivity (Wildman–Crippen MR) is 83.1 cm³/mol. The van der Waals surface area contributed by atoms with Crippen LogP contribution >= 0.6 is 11.3 Å². The number of nitrogens with two attached hydrogens (primary N) is 1. The molecule has 5 heteroatoms. The molecule has 4 nitrogen and oxygen atoms in total. The first-order chi connectivity index (χ1) is 10.3. The Balaban J connectivity index is 1.68. The van der Waals surface area contributed by atoms with Crippen LogP contribution < -0.4 is 5.73 Å². The summed E-state index contributed by atoms with van der Waals surface area (Å²) in [5.74, 6) is 0.719. The summed E-state index contributed by atoms with van der Waals surface area (Å²) in [6, 6.07) is 10.6. The van der Waals surface area contributed by atoms with Crippen molar-refractivity contribution in [1.29, 1.82) is 0 Å². The fourth-order valence-electron chi connectivity index (χ4n) is 3.40. The molecular weight excluding hydrogens is 282 g/mol. The van der Waals surface area contributed by atoms with Gasteiger partial charge in [0.1, 0.15) is 5.69 Å². The number of fused-ring (bicyclic) bond motifs is 1. The molecular formula is C16H17N3OS. The van der Waals surface area contributed by atoms with Crippen molar-refractivity contribution < 1.29 is 4.79 Å². The number of likely N-dealkylation sites (tertiary alicyclic amines) is 1. The van der Waals surface area contributed by atoms with E-state index in [4.69, 9.17) is 5.73 Å². The number of carbonyl (C=O) groups is 1. The van der Waals surface area contributed by atoms with Crippen molar-refractivity contribution in [2.75, 3.05) is 6.54 Å². The van der Waals surface area contributed by atoms with E-state index in [0.717, 1.165) is 23.3 Å². The van der Waals surface area contributed by atoms with Crippen molar-refractivity contribution in [1.82, 2.24) is 9.88 Å². The lowest BCUT2D eigenvalue weighted by Crippen LogP contribution is -2.42. The van der Waals surface area contributed by atoms with E-state index in [1.54, 1.807) is 5.51 Å². The highest BCUT2D eigenvalue weighted by Gasteiger charge is 2.53. The number of benzene rings is 1. The van der Waals surface area contributed by atoms with E-state index >= 15 is 0 Å². The first-order valence-corrected chi connectivity index (χ1v) is 8.19. The fourth-order valence-corrected chi connectivity index (χ4v) is 4.19. The second kappa shape index (κ2) is 4.93. The number of rotatable bonds is 3. The first-order valence-electron chi connectivity index (χ1n) is 7.31. The molecule has 1 saturated heterocycles. The maximum absolute atomic E-state index is 12.9. The summed E-state index contributed by atoms with van der Waals surface area (Å²) in [6.07, 6.45) is 2.19. The van der Waals surface area contributed by atoms with Crippen LogP contribution in [0.1, 0.15) is 23.3 Å². The molecule has 2 heterocycles. The van der Waals surface area contributed by atoms with Gasteiger partial charge in [-0.2, -0.15) is 0 Å². The maximum Gasteiger partial charge on any atom is 0.274 e. The summed E-state index contributed by atoms with van der Waals surface area (Å²) in [6.45, 7) is 0.545. The average molecular weight is 299 g/mol. The zero-order valence-electron chi connectivity index (χ0n) is 11.6. The molecule has 2 aromatic rings. The monoisotopic (exact) mass is 299 g/mol. The van der Waals surface area contributed by atoms with E-state index in [-0.39, 0.29) is 11.9 Å². The van der Waals surface area contributed by atoms with E-state index in [9.17, 15) is 4.79 Å². The number of amides is 1. The Morgan fingerprint density at radius 2 is 2.14 bits per heavy atom. The topological polar surface area (TPSA) is 59.2 Å². The summed E-state index contributed by atoms with van der Waals surface area (Å²) < 4.78 is 0. The molecule has 2 aliphatic rings. The second-order valence-corrected chi connectivity index (χ2v) is 6.65. The fraction of sp³-hybridized carbons (Fsp3) is 0.375. The minimum absolute atomic E-state index is 0.0514. The third-order valence-corrected chi connectivity index (χ3v) is 5.40. The molecule has 0 radical (unpaired) electrons. The quantitative estimate of drug-likeness (QED) is 0.946. The Bertz CT molecular complexity index is 669. The summed E-state index contributed by atoms with van der Waals surface area (Å²) >= 11 is 1.52. The van der Waals surface area contributed by atoms with Crippen molar-refractivity contribution in [3.63, 3.8) is 0 Å². The molecule has 1 amide bonds. The van der Waals surface area contributed by atoms with Crippen molar-refractivity contribution in [3.8, 4) is 10.4 Å². The van der Waals surface area contributed by atoms with Crippen LogP contribution in [0.25, 0.3) is 10.4 Å². The third-order valence-electron chi connectivity index (χ3n) is 4.52. The molecule has 1 aliphatic carbocycles. The van der Waals surface area contributed by atoms with Gasteiger partial charge in [-0.05, 0) is 24.3 Å². The van der Waals surface area contributed by atoms with Gasteiger partial charge in [0, 0.05) is 18.6 Å². The van der Waals surface area contributed by atoms with E-state index < -0.39 is 0 Å². The second-order valence-electron chi connectivity index (χ2n) is 5.80. The standard InChI is InChI=1S/C16H17N3OS/c17-8-12-6-11-7-13(11)19(12)16(20)14-15(21-9-18-14)10-4-2-1-3-5-10/h1-5,9,11-13H,6-8,17H2/t11-,12+,13+/m1/s1. The third kappa shape index (κ3) is 2.08. The van der Waals surface area contributed by atoms with Crippen molar-refractivity contribution in [3.05, 3.63) is 41.5 Å². The van der Waals surface area contributed by atoms with E-state index in [2.05, 4.69) is 4.98 Å². The van der Waals surface area contributed by atoms with Crippen LogP contribution in [0.4, 0.5) is 0 Å². The van der Waals surface area contributed by atoms with E-state index in [1.165, 1.54) is 11.3 Å². The highest BCUT2D eigenvalue weighted by atomic mass is 32.1.